The summed E-state index contributed by atoms with van der Waals surface area (Å²) in [4.78, 5) is 40.5. The lowest BCUT2D eigenvalue weighted by atomic mass is 9.73. The molecule has 2 amide bonds. The highest BCUT2D eigenvalue weighted by molar-refractivity contribution is 5.90. The molecular formula is C31H54N4O11. The van der Waals surface area contributed by atoms with Crippen molar-refractivity contribution in [3.8, 4) is 0 Å². The Balaban J connectivity index is 2.18. The molecule has 0 aromatic rings. The molecule has 0 aliphatic carbocycles. The van der Waals surface area contributed by atoms with Gasteiger partial charge >= 0.3 is 18.2 Å². The molecule has 15 nitrogen and oxygen atoms in total. The Labute approximate surface area is 271 Å². The number of nitrogens with two attached hydrogens (primary N) is 1. The van der Waals surface area contributed by atoms with Crippen molar-refractivity contribution in [2.75, 3.05) is 14.1 Å². The Morgan fingerprint density at radius 1 is 1.11 bits per heavy atom. The van der Waals surface area contributed by atoms with E-state index in [-0.39, 0.29) is 30.7 Å². The van der Waals surface area contributed by atoms with Crippen molar-refractivity contribution in [2.45, 2.75) is 135 Å². The number of rotatable bonds is 5. The Morgan fingerprint density at radius 3 is 2.28 bits per heavy atom. The van der Waals surface area contributed by atoms with E-state index in [1.165, 1.54) is 6.92 Å². The predicted octanol–water partition coefficient (Wildman–Crippen LogP) is 1.98. The van der Waals surface area contributed by atoms with Crippen LogP contribution in [0.2, 0.25) is 0 Å². The van der Waals surface area contributed by atoms with E-state index in [0.29, 0.717) is 6.42 Å². The summed E-state index contributed by atoms with van der Waals surface area (Å²) < 4.78 is 30.0. The highest BCUT2D eigenvalue weighted by Gasteiger charge is 2.57. The topological polar surface area (TPSA) is 212 Å². The zero-order valence-corrected chi connectivity index (χ0v) is 28.6. The number of nitrogens with zero attached hydrogens (tertiary/aromatic N) is 2. The van der Waals surface area contributed by atoms with Gasteiger partial charge in [0.05, 0.1) is 29.9 Å². The average molecular weight is 659 g/mol. The Hall–Kier alpha value is -2.72. The van der Waals surface area contributed by atoms with Gasteiger partial charge < -0.3 is 55.1 Å². The molecule has 3 aliphatic heterocycles. The number of hydrogen-bond donors (Lipinski definition) is 5. The summed E-state index contributed by atoms with van der Waals surface area (Å²) in [6, 6.07) is -1.12. The minimum absolute atomic E-state index is 0.0366. The van der Waals surface area contributed by atoms with Gasteiger partial charge in [0.15, 0.2) is 11.9 Å². The van der Waals surface area contributed by atoms with Crippen LogP contribution in [0.5, 0.6) is 0 Å². The van der Waals surface area contributed by atoms with Gasteiger partial charge in [-0.3, -0.25) is 4.79 Å². The van der Waals surface area contributed by atoms with Crippen LogP contribution in [0.25, 0.3) is 0 Å². The number of alkyl carbamates (subject to hydrolysis) is 1. The summed E-state index contributed by atoms with van der Waals surface area (Å²) >= 11 is 0. The summed E-state index contributed by atoms with van der Waals surface area (Å²) in [5, 5.41) is 39.7. The van der Waals surface area contributed by atoms with Gasteiger partial charge in [0.2, 0.25) is 0 Å². The number of carbonyl (C=O) groups excluding carboxylic acids is 3. The van der Waals surface area contributed by atoms with Crippen LogP contribution in [0.1, 0.15) is 74.7 Å². The summed E-state index contributed by atoms with van der Waals surface area (Å²) in [6.07, 6.45) is -7.26. The first-order chi connectivity index (χ1) is 21.3. The number of fused-ring (bicyclic) bond motifs is 1. The summed E-state index contributed by atoms with van der Waals surface area (Å²) in [6.45, 7) is 13.5. The van der Waals surface area contributed by atoms with Gasteiger partial charge in [0, 0.05) is 23.8 Å². The van der Waals surface area contributed by atoms with E-state index in [1.54, 1.807) is 41.5 Å². The Bertz CT molecular complexity index is 1140. The SMILES string of the molecule is CC[C@H]1OC(=O)[C@H](C)[C@@H](O)[C@H](C)[C@@H](O[C@@H]2O[C@H](C)C[C@H](N(C)C)[C@H]2O)[C@](C)(OC(N)=O)C[C@@H](C)/C(=N\O)[C@H](C)[C@H]2NC(=O)O[C@@]21C. The van der Waals surface area contributed by atoms with E-state index < -0.39 is 89.8 Å². The van der Waals surface area contributed by atoms with E-state index in [1.807, 2.05) is 25.9 Å². The molecule has 0 bridgehead atoms. The fourth-order valence-electron chi connectivity index (χ4n) is 7.67. The molecule has 0 aromatic carbocycles. The molecule has 3 rings (SSSR count). The molecule has 0 radical (unpaired) electrons. The maximum atomic E-state index is 13.6. The van der Waals surface area contributed by atoms with Crippen molar-refractivity contribution in [2.24, 2.45) is 34.6 Å². The second-order valence-corrected chi connectivity index (χ2v) is 13.9. The number of likely N-dealkylation sites (N-methyl/N-ethyl adjacent to an activating group) is 1. The number of carbonyl (C=O) groups is 3. The van der Waals surface area contributed by atoms with Crippen LogP contribution in [0, 0.1) is 23.7 Å². The van der Waals surface area contributed by atoms with Crippen LogP contribution < -0.4 is 11.1 Å². The van der Waals surface area contributed by atoms with E-state index in [4.69, 9.17) is 29.4 Å². The number of cyclic esters (lactones) is 1. The van der Waals surface area contributed by atoms with Crippen molar-refractivity contribution in [1.29, 1.82) is 0 Å². The first-order valence-corrected chi connectivity index (χ1v) is 16.0. The van der Waals surface area contributed by atoms with Gasteiger partial charge in [-0.1, -0.05) is 32.9 Å². The van der Waals surface area contributed by atoms with Crippen molar-refractivity contribution >= 4 is 23.9 Å². The minimum atomic E-state index is -1.63. The zero-order valence-electron chi connectivity index (χ0n) is 28.6. The maximum Gasteiger partial charge on any atom is 0.408 e. The fourth-order valence-corrected chi connectivity index (χ4v) is 7.67. The van der Waals surface area contributed by atoms with Gasteiger partial charge in [0.25, 0.3) is 0 Å². The number of hydrogen-bond acceptors (Lipinski definition) is 13. The van der Waals surface area contributed by atoms with Crippen molar-refractivity contribution in [3.05, 3.63) is 0 Å². The van der Waals surface area contributed by atoms with E-state index in [9.17, 15) is 29.8 Å². The molecule has 15 heteroatoms. The quantitative estimate of drug-likeness (QED) is 0.124. The van der Waals surface area contributed by atoms with Gasteiger partial charge in [-0.05, 0) is 61.1 Å². The molecule has 3 aliphatic rings. The second-order valence-electron chi connectivity index (χ2n) is 13.9. The number of amides is 2. The molecule has 0 saturated carbocycles. The largest absolute Gasteiger partial charge is 0.458 e. The van der Waals surface area contributed by atoms with Crippen molar-refractivity contribution in [1.82, 2.24) is 10.2 Å². The van der Waals surface area contributed by atoms with Crippen LogP contribution >= 0.6 is 0 Å². The first kappa shape index (κ1) is 37.7. The number of esters is 1. The third-order valence-corrected chi connectivity index (χ3v) is 10.2. The van der Waals surface area contributed by atoms with Crippen LogP contribution in [-0.4, -0.2) is 118 Å². The molecule has 6 N–H and O–H groups in total. The number of aliphatic hydroxyl groups excluding tert-OH is 2. The molecule has 264 valence electrons. The molecule has 0 unspecified atom stereocenters. The van der Waals surface area contributed by atoms with Gasteiger partial charge in [-0.25, -0.2) is 9.59 Å². The molecule has 3 saturated heterocycles. The number of nitrogens with one attached hydrogen (secondary N) is 1. The maximum absolute atomic E-state index is 13.6. The molecule has 3 heterocycles. The van der Waals surface area contributed by atoms with Crippen LogP contribution in [0.4, 0.5) is 9.59 Å². The third kappa shape index (κ3) is 7.53. The van der Waals surface area contributed by atoms with Gasteiger partial charge in [0.1, 0.15) is 23.9 Å². The fraction of sp³-hybridized carbons (Fsp3) is 0.871. The standard InChI is InChI=1S/C31H54N4O11/c1-11-20-31(8)24(33-29(40)46-31)16(4)21(34-41)14(2)13-30(7,45-28(32)39)25(17(5)22(36)18(6)26(38)43-20)44-27-23(37)19(35(9)10)12-15(3)42-27/h14-20,22-25,27,36-37,41H,11-13H2,1-10H3,(H2,32,39)(H,33,40)/b34-21+/t14-,15-,16+,17+,18-,19+,20-,22+,23-,24-,25-,27+,30-,31-/m1/s1. The number of primary amides is 1. The smallest absolute Gasteiger partial charge is 0.408 e. The highest BCUT2D eigenvalue weighted by Crippen LogP contribution is 2.41. The lowest BCUT2D eigenvalue weighted by molar-refractivity contribution is -0.298. The average Bonchev–Trinajstić information content (AvgIpc) is 3.28. The Kier molecular flexibility index (Phi) is 12.0. The number of oxime groups is 1. The van der Waals surface area contributed by atoms with Gasteiger partial charge in [-0.15, -0.1) is 0 Å². The van der Waals surface area contributed by atoms with E-state index in [0.717, 1.165) is 0 Å². The monoisotopic (exact) mass is 658 g/mol. The molecule has 46 heavy (non-hydrogen) atoms. The lowest BCUT2D eigenvalue weighted by Gasteiger charge is -2.48. The first-order valence-electron chi connectivity index (χ1n) is 16.0. The van der Waals surface area contributed by atoms with E-state index in [2.05, 4.69) is 10.5 Å². The summed E-state index contributed by atoms with van der Waals surface area (Å²) in [5.41, 5.74) is 2.84. The lowest BCUT2D eigenvalue weighted by Crippen LogP contribution is -2.61. The molecule has 3 fully saturated rings. The molecule has 0 spiro atoms. The van der Waals surface area contributed by atoms with Crippen molar-refractivity contribution < 1.29 is 53.5 Å². The number of aliphatic hydroxyl groups is 2. The van der Waals surface area contributed by atoms with Crippen LogP contribution in [0.3, 0.4) is 0 Å². The van der Waals surface area contributed by atoms with E-state index >= 15 is 0 Å². The van der Waals surface area contributed by atoms with Crippen molar-refractivity contribution in [3.63, 3.8) is 0 Å². The minimum Gasteiger partial charge on any atom is -0.458 e. The summed E-state index contributed by atoms with van der Waals surface area (Å²) in [7, 11) is 3.66. The number of ether oxygens (including phenoxy) is 5. The molecule has 0 aromatic heterocycles. The zero-order chi connectivity index (χ0) is 34.9. The molecule has 14 atom stereocenters. The van der Waals surface area contributed by atoms with Crippen LogP contribution in [0.15, 0.2) is 5.16 Å². The normalized spacial score (nSPS) is 45.3. The second kappa shape index (κ2) is 14.6. The van der Waals surface area contributed by atoms with Crippen LogP contribution in [-0.2, 0) is 28.5 Å². The predicted molar refractivity (Wildman–Crippen MR) is 165 cm³/mol. The Morgan fingerprint density at radius 2 is 1.74 bits per heavy atom. The molecular weight excluding hydrogens is 604 g/mol. The third-order valence-electron chi connectivity index (χ3n) is 10.2. The van der Waals surface area contributed by atoms with Gasteiger partial charge in [-0.2, -0.15) is 0 Å². The highest BCUT2D eigenvalue weighted by atomic mass is 16.7. The summed E-state index contributed by atoms with van der Waals surface area (Å²) in [5.74, 6) is -4.09.